The lowest BCUT2D eigenvalue weighted by molar-refractivity contribution is 0.0383. The zero-order chi connectivity index (χ0) is 17.5. The maximum atomic E-state index is 12.3. The number of rotatable bonds is 6. The van der Waals surface area contributed by atoms with Gasteiger partial charge in [-0.05, 0) is 6.54 Å². The minimum Gasteiger partial charge on any atom is -0.379 e. The van der Waals surface area contributed by atoms with Crippen LogP contribution in [0.5, 0.6) is 0 Å². The molecule has 138 valence electrons. The Morgan fingerprint density at radius 2 is 1.88 bits per heavy atom. The van der Waals surface area contributed by atoms with Crippen LogP contribution in [0.3, 0.4) is 0 Å². The highest BCUT2D eigenvalue weighted by Gasteiger charge is 2.18. The first kappa shape index (κ1) is 18.0. The lowest BCUT2D eigenvalue weighted by Crippen LogP contribution is -2.46. The number of ether oxygens (including phenoxy) is 1. The Hall–Kier alpha value is -1.77. The summed E-state index contributed by atoms with van der Waals surface area (Å²) in [6.07, 6.45) is 1.48. The van der Waals surface area contributed by atoms with Gasteiger partial charge in [0.05, 0.1) is 13.2 Å². The number of carbonyl (C=O) groups excluding carboxylic acids is 1. The van der Waals surface area contributed by atoms with Gasteiger partial charge in [0.1, 0.15) is 17.8 Å². The van der Waals surface area contributed by atoms with E-state index in [-0.39, 0.29) is 5.91 Å². The number of aromatic nitrogens is 2. The minimum atomic E-state index is -0.135. The maximum absolute atomic E-state index is 12.3. The highest BCUT2D eigenvalue weighted by Crippen LogP contribution is 2.13. The van der Waals surface area contributed by atoms with E-state index in [1.165, 1.54) is 6.33 Å². The van der Waals surface area contributed by atoms with E-state index >= 15 is 0 Å². The molecule has 0 aliphatic carbocycles. The van der Waals surface area contributed by atoms with E-state index in [1.54, 1.807) is 6.07 Å². The molecule has 3 rings (SSSR count). The summed E-state index contributed by atoms with van der Waals surface area (Å²) in [6, 6.07) is 1.80. The molecule has 2 fully saturated rings. The number of hydrogen-bond donors (Lipinski definition) is 1. The summed E-state index contributed by atoms with van der Waals surface area (Å²) in [5.74, 6) is 0.702. The van der Waals surface area contributed by atoms with E-state index in [0.29, 0.717) is 12.2 Å². The molecule has 2 saturated heterocycles. The number of morpholine rings is 1. The summed E-state index contributed by atoms with van der Waals surface area (Å²) in [6.45, 7) is 12.0. The minimum absolute atomic E-state index is 0.135. The van der Waals surface area contributed by atoms with Crippen molar-refractivity contribution in [1.29, 1.82) is 0 Å². The molecule has 0 saturated carbocycles. The van der Waals surface area contributed by atoms with Gasteiger partial charge in [-0.3, -0.25) is 9.69 Å². The van der Waals surface area contributed by atoms with Gasteiger partial charge in [-0.2, -0.15) is 0 Å². The van der Waals surface area contributed by atoms with Crippen molar-refractivity contribution in [3.63, 3.8) is 0 Å². The second kappa shape index (κ2) is 9.07. The molecular formula is C17H28N6O2. The second-order valence-corrected chi connectivity index (χ2v) is 6.39. The standard InChI is InChI=1S/C17H28N6O2/c1-2-21-5-7-23(8-6-21)16-13-15(19-14-20-16)17(24)18-3-4-22-9-11-25-12-10-22/h13-14H,2-12H2,1H3,(H,18,24). The van der Waals surface area contributed by atoms with Crippen LogP contribution in [0, 0.1) is 0 Å². The number of nitrogens with zero attached hydrogens (tertiary/aromatic N) is 5. The molecule has 0 radical (unpaired) electrons. The van der Waals surface area contributed by atoms with Crippen LogP contribution in [-0.2, 0) is 4.74 Å². The zero-order valence-electron chi connectivity index (χ0n) is 15.0. The fraction of sp³-hybridized carbons (Fsp3) is 0.706. The predicted octanol–water partition coefficient (Wildman–Crippen LogP) is -0.319. The summed E-state index contributed by atoms with van der Waals surface area (Å²) in [5, 5.41) is 2.95. The Morgan fingerprint density at radius 3 is 2.60 bits per heavy atom. The van der Waals surface area contributed by atoms with Crippen molar-refractivity contribution in [3.05, 3.63) is 18.1 Å². The van der Waals surface area contributed by atoms with Crippen molar-refractivity contribution in [3.8, 4) is 0 Å². The SMILES string of the molecule is CCN1CCN(c2cc(C(=O)NCCN3CCOCC3)ncn2)CC1. The highest BCUT2D eigenvalue weighted by molar-refractivity contribution is 5.92. The summed E-state index contributed by atoms with van der Waals surface area (Å²) < 4.78 is 5.33. The smallest absolute Gasteiger partial charge is 0.270 e. The van der Waals surface area contributed by atoms with E-state index in [2.05, 4.69) is 36.9 Å². The van der Waals surface area contributed by atoms with Gasteiger partial charge in [0.15, 0.2) is 0 Å². The average molecular weight is 348 g/mol. The molecule has 8 nitrogen and oxygen atoms in total. The Bertz CT molecular complexity index is 556. The topological polar surface area (TPSA) is 73.8 Å². The molecule has 2 aliphatic rings. The largest absolute Gasteiger partial charge is 0.379 e. The van der Waals surface area contributed by atoms with Crippen LogP contribution in [0.25, 0.3) is 0 Å². The van der Waals surface area contributed by atoms with Gasteiger partial charge in [-0.1, -0.05) is 6.92 Å². The molecule has 1 N–H and O–H groups in total. The van der Waals surface area contributed by atoms with Gasteiger partial charge in [0, 0.05) is 58.4 Å². The lowest BCUT2D eigenvalue weighted by Gasteiger charge is -2.34. The Morgan fingerprint density at radius 1 is 1.12 bits per heavy atom. The third kappa shape index (κ3) is 5.10. The number of hydrogen-bond acceptors (Lipinski definition) is 7. The van der Waals surface area contributed by atoms with Crippen molar-refractivity contribution in [2.45, 2.75) is 6.92 Å². The lowest BCUT2D eigenvalue weighted by atomic mass is 10.3. The van der Waals surface area contributed by atoms with Crippen molar-refractivity contribution < 1.29 is 9.53 Å². The molecule has 0 spiro atoms. The number of carbonyl (C=O) groups is 1. The third-order valence-corrected chi connectivity index (χ3v) is 4.85. The van der Waals surface area contributed by atoms with E-state index < -0.39 is 0 Å². The molecule has 2 aliphatic heterocycles. The van der Waals surface area contributed by atoms with Crippen LogP contribution in [0.4, 0.5) is 5.82 Å². The van der Waals surface area contributed by atoms with Crippen molar-refractivity contribution in [1.82, 2.24) is 25.1 Å². The maximum Gasteiger partial charge on any atom is 0.270 e. The molecule has 8 heteroatoms. The number of likely N-dealkylation sites (N-methyl/N-ethyl adjacent to an activating group) is 1. The predicted molar refractivity (Wildman–Crippen MR) is 96.0 cm³/mol. The van der Waals surface area contributed by atoms with Crippen LogP contribution in [-0.4, -0.2) is 97.8 Å². The first-order valence-electron chi connectivity index (χ1n) is 9.14. The number of amides is 1. The molecule has 0 aromatic carbocycles. The zero-order valence-corrected chi connectivity index (χ0v) is 15.0. The Balaban J connectivity index is 1.49. The van der Waals surface area contributed by atoms with E-state index in [9.17, 15) is 4.79 Å². The fourth-order valence-electron chi connectivity index (χ4n) is 3.18. The van der Waals surface area contributed by atoms with Crippen molar-refractivity contribution >= 4 is 11.7 Å². The first-order valence-corrected chi connectivity index (χ1v) is 9.14. The molecule has 25 heavy (non-hydrogen) atoms. The molecule has 0 unspecified atom stereocenters. The van der Waals surface area contributed by atoms with Crippen LogP contribution in [0.2, 0.25) is 0 Å². The van der Waals surface area contributed by atoms with E-state index in [1.807, 2.05) is 0 Å². The third-order valence-electron chi connectivity index (χ3n) is 4.85. The molecule has 1 aromatic heterocycles. The molecule has 0 atom stereocenters. The fourth-order valence-corrected chi connectivity index (χ4v) is 3.18. The number of anilines is 1. The van der Waals surface area contributed by atoms with Gasteiger partial charge in [0.2, 0.25) is 0 Å². The average Bonchev–Trinajstić information content (AvgIpc) is 2.69. The molecular weight excluding hydrogens is 320 g/mol. The van der Waals surface area contributed by atoms with Gasteiger partial charge in [0.25, 0.3) is 5.91 Å². The molecule has 0 bridgehead atoms. The van der Waals surface area contributed by atoms with Crippen LogP contribution >= 0.6 is 0 Å². The molecule has 1 amide bonds. The summed E-state index contributed by atoms with van der Waals surface area (Å²) in [4.78, 5) is 27.8. The van der Waals surface area contributed by atoms with Crippen LogP contribution in [0.1, 0.15) is 17.4 Å². The summed E-state index contributed by atoms with van der Waals surface area (Å²) in [5.41, 5.74) is 0.435. The van der Waals surface area contributed by atoms with Crippen molar-refractivity contribution in [2.75, 3.05) is 77.0 Å². The Kier molecular flexibility index (Phi) is 6.55. The quantitative estimate of drug-likeness (QED) is 0.755. The Labute approximate surface area is 149 Å². The van der Waals surface area contributed by atoms with E-state index in [4.69, 9.17) is 4.74 Å². The van der Waals surface area contributed by atoms with E-state index in [0.717, 1.165) is 71.4 Å². The normalized spacial score (nSPS) is 19.8. The summed E-state index contributed by atoms with van der Waals surface area (Å²) >= 11 is 0. The van der Waals surface area contributed by atoms with Gasteiger partial charge < -0.3 is 19.9 Å². The second-order valence-electron chi connectivity index (χ2n) is 6.39. The van der Waals surface area contributed by atoms with Crippen molar-refractivity contribution in [2.24, 2.45) is 0 Å². The molecule has 1 aromatic rings. The number of nitrogens with one attached hydrogen (secondary N) is 1. The summed E-state index contributed by atoms with van der Waals surface area (Å²) in [7, 11) is 0. The number of piperazine rings is 1. The molecule has 3 heterocycles. The monoisotopic (exact) mass is 348 g/mol. The van der Waals surface area contributed by atoms with Gasteiger partial charge >= 0.3 is 0 Å². The highest BCUT2D eigenvalue weighted by atomic mass is 16.5. The van der Waals surface area contributed by atoms with Crippen LogP contribution < -0.4 is 10.2 Å². The van der Waals surface area contributed by atoms with Gasteiger partial charge in [-0.15, -0.1) is 0 Å². The van der Waals surface area contributed by atoms with Gasteiger partial charge in [-0.25, -0.2) is 9.97 Å². The first-order chi connectivity index (χ1) is 12.3. The van der Waals surface area contributed by atoms with Crippen LogP contribution in [0.15, 0.2) is 12.4 Å².